The molecule has 3 aliphatic rings. The number of nitrogens with one attached hydrogen (secondary N) is 2. The molecule has 26 heavy (non-hydrogen) atoms. The van der Waals surface area contributed by atoms with Gasteiger partial charge in [-0.15, -0.1) is 0 Å². The molecule has 6 nitrogen and oxygen atoms in total. The third-order valence-corrected chi connectivity index (χ3v) is 6.91. The first kappa shape index (κ1) is 17.6. The number of hydrogen-bond donors (Lipinski definition) is 2. The van der Waals surface area contributed by atoms with Gasteiger partial charge in [-0.1, -0.05) is 13.8 Å². The number of hydrogen-bond acceptors (Lipinski definition) is 3. The molecule has 3 fully saturated rings. The van der Waals surface area contributed by atoms with Crippen molar-refractivity contribution in [2.45, 2.75) is 77.3 Å². The van der Waals surface area contributed by atoms with Crippen molar-refractivity contribution in [2.24, 2.45) is 11.3 Å². The Morgan fingerprint density at radius 1 is 1.35 bits per heavy atom. The summed E-state index contributed by atoms with van der Waals surface area (Å²) in [5.74, 6) is 0.465. The van der Waals surface area contributed by atoms with Crippen molar-refractivity contribution in [1.29, 1.82) is 0 Å². The minimum atomic E-state index is -0.218. The van der Waals surface area contributed by atoms with E-state index in [0.717, 1.165) is 56.5 Å². The molecule has 2 heterocycles. The van der Waals surface area contributed by atoms with Crippen molar-refractivity contribution < 1.29 is 9.59 Å². The molecule has 1 aromatic rings. The molecule has 3 unspecified atom stereocenters. The summed E-state index contributed by atoms with van der Waals surface area (Å²) in [6.07, 6.45) is 7.95. The average Bonchev–Trinajstić information content (AvgIpc) is 2.91. The molecule has 1 aromatic heterocycles. The van der Waals surface area contributed by atoms with Crippen LogP contribution in [0.1, 0.15) is 63.8 Å². The van der Waals surface area contributed by atoms with E-state index in [9.17, 15) is 9.59 Å². The van der Waals surface area contributed by atoms with Gasteiger partial charge in [-0.25, -0.2) is 4.98 Å². The largest absolute Gasteiger partial charge is 0.348 e. The maximum absolute atomic E-state index is 13.0. The smallest absolute Gasteiger partial charge is 0.228 e. The van der Waals surface area contributed by atoms with E-state index in [4.69, 9.17) is 0 Å². The number of amides is 2. The summed E-state index contributed by atoms with van der Waals surface area (Å²) in [6.45, 7) is 7.05. The number of aromatic nitrogens is 2. The Morgan fingerprint density at radius 2 is 2.08 bits per heavy atom. The quantitative estimate of drug-likeness (QED) is 0.867. The van der Waals surface area contributed by atoms with Gasteiger partial charge in [-0.05, 0) is 50.9 Å². The maximum atomic E-state index is 13.0. The molecule has 6 heteroatoms. The number of imidazole rings is 1. The summed E-state index contributed by atoms with van der Waals surface area (Å²) >= 11 is 0. The summed E-state index contributed by atoms with van der Waals surface area (Å²) in [7, 11) is 0. The van der Waals surface area contributed by atoms with Gasteiger partial charge in [0.1, 0.15) is 0 Å². The van der Waals surface area contributed by atoms with Gasteiger partial charge in [0.15, 0.2) is 0 Å². The molecule has 2 aliphatic carbocycles. The number of piperidine rings is 1. The van der Waals surface area contributed by atoms with Gasteiger partial charge in [0.2, 0.25) is 11.8 Å². The van der Waals surface area contributed by atoms with E-state index in [1.807, 2.05) is 11.8 Å². The van der Waals surface area contributed by atoms with Crippen molar-refractivity contribution in [3.05, 3.63) is 17.7 Å². The minimum absolute atomic E-state index is 0.133. The van der Waals surface area contributed by atoms with Crippen LogP contribution in [0, 0.1) is 18.3 Å². The molecular weight excluding hydrogens is 328 g/mol. The number of likely N-dealkylation sites (tertiary alicyclic amines) is 1. The predicted molar refractivity (Wildman–Crippen MR) is 98.4 cm³/mol. The Morgan fingerprint density at radius 3 is 2.73 bits per heavy atom. The highest BCUT2D eigenvalue weighted by atomic mass is 16.2. The van der Waals surface area contributed by atoms with E-state index in [1.54, 1.807) is 6.33 Å². The van der Waals surface area contributed by atoms with Crippen LogP contribution < -0.4 is 5.32 Å². The summed E-state index contributed by atoms with van der Waals surface area (Å²) in [6, 6.07) is 0.133. The lowest BCUT2D eigenvalue weighted by Crippen LogP contribution is -2.64. The second-order valence-corrected chi connectivity index (χ2v) is 9.14. The number of aromatic amines is 1. The fourth-order valence-electron chi connectivity index (χ4n) is 5.08. The minimum Gasteiger partial charge on any atom is -0.348 e. The molecular formula is C20H30N4O2. The lowest BCUT2D eigenvalue weighted by Gasteiger charge is -2.47. The zero-order chi connectivity index (χ0) is 18.5. The predicted octanol–water partition coefficient (Wildman–Crippen LogP) is 2.34. The van der Waals surface area contributed by atoms with Crippen molar-refractivity contribution in [1.82, 2.24) is 20.2 Å². The normalized spacial score (nSPS) is 32.2. The number of H-pyrrole nitrogens is 1. The first-order chi connectivity index (χ1) is 12.3. The van der Waals surface area contributed by atoms with Crippen LogP contribution >= 0.6 is 0 Å². The second-order valence-electron chi connectivity index (χ2n) is 9.14. The highest BCUT2D eigenvalue weighted by molar-refractivity contribution is 5.84. The number of carbonyl (C=O) groups is 2. The van der Waals surface area contributed by atoms with Gasteiger partial charge in [0, 0.05) is 18.2 Å². The van der Waals surface area contributed by atoms with Crippen LogP contribution in [0.5, 0.6) is 0 Å². The molecule has 3 atom stereocenters. The molecule has 0 spiro atoms. The Hall–Kier alpha value is -1.85. The van der Waals surface area contributed by atoms with E-state index >= 15 is 0 Å². The summed E-state index contributed by atoms with van der Waals surface area (Å²) in [5.41, 5.74) is 1.70. The molecule has 142 valence electrons. The molecule has 0 bridgehead atoms. The lowest BCUT2D eigenvalue weighted by molar-refractivity contribution is -0.138. The van der Waals surface area contributed by atoms with Crippen molar-refractivity contribution in [3.63, 3.8) is 0 Å². The summed E-state index contributed by atoms with van der Waals surface area (Å²) < 4.78 is 0. The molecule has 0 radical (unpaired) electrons. The van der Waals surface area contributed by atoms with E-state index in [-0.39, 0.29) is 34.7 Å². The van der Waals surface area contributed by atoms with Crippen LogP contribution in [-0.4, -0.2) is 44.8 Å². The Kier molecular flexibility index (Phi) is 4.12. The molecule has 1 saturated heterocycles. The number of rotatable bonds is 4. The number of aryl methyl sites for hydroxylation is 1. The van der Waals surface area contributed by atoms with E-state index in [1.165, 1.54) is 0 Å². The highest BCUT2D eigenvalue weighted by Gasteiger charge is 2.55. The molecule has 2 amide bonds. The third kappa shape index (κ3) is 2.93. The lowest BCUT2D eigenvalue weighted by atomic mass is 9.82. The van der Waals surface area contributed by atoms with E-state index in [2.05, 4.69) is 29.1 Å². The van der Waals surface area contributed by atoms with Gasteiger partial charge in [0.05, 0.1) is 30.0 Å². The van der Waals surface area contributed by atoms with Crippen molar-refractivity contribution in [2.75, 3.05) is 6.54 Å². The Bertz CT molecular complexity index is 725. The van der Waals surface area contributed by atoms with Gasteiger partial charge in [-0.2, -0.15) is 0 Å². The van der Waals surface area contributed by atoms with Crippen LogP contribution in [0.15, 0.2) is 6.33 Å². The fourth-order valence-corrected chi connectivity index (χ4v) is 5.08. The first-order valence-electron chi connectivity index (χ1n) is 9.93. The molecule has 1 aliphatic heterocycles. The number of fused-ring (bicyclic) bond motifs is 1. The number of nitrogens with zero attached hydrogens (tertiary/aromatic N) is 2. The SMILES string of the molecule is Cc1[nH]cnc1CC(=O)N1CCCC2(NC(=O)C3CC3(C)C)CCCC12. The molecule has 0 aromatic carbocycles. The van der Waals surface area contributed by atoms with Gasteiger partial charge in [0.25, 0.3) is 0 Å². The average molecular weight is 358 g/mol. The first-order valence-corrected chi connectivity index (χ1v) is 9.93. The standard InChI is InChI=1S/C20H30N4O2/c1-13-15(22-12-21-13)10-17(25)24-9-5-8-20(7-4-6-16(20)24)23-18(26)14-11-19(14,2)3/h12,14,16H,4-11H2,1-3H3,(H,21,22)(H,23,26). The monoisotopic (exact) mass is 358 g/mol. The fraction of sp³-hybridized carbons (Fsp3) is 0.750. The van der Waals surface area contributed by atoms with Crippen molar-refractivity contribution >= 4 is 11.8 Å². The van der Waals surface area contributed by atoms with E-state index in [0.29, 0.717) is 6.42 Å². The number of carbonyl (C=O) groups excluding carboxylic acids is 2. The molecule has 2 saturated carbocycles. The van der Waals surface area contributed by atoms with Crippen LogP contribution in [0.2, 0.25) is 0 Å². The van der Waals surface area contributed by atoms with Crippen LogP contribution in [-0.2, 0) is 16.0 Å². The Labute approximate surface area is 155 Å². The van der Waals surface area contributed by atoms with Crippen LogP contribution in [0.4, 0.5) is 0 Å². The van der Waals surface area contributed by atoms with Gasteiger partial charge < -0.3 is 15.2 Å². The van der Waals surface area contributed by atoms with Crippen LogP contribution in [0.3, 0.4) is 0 Å². The zero-order valence-corrected chi connectivity index (χ0v) is 16.1. The molecule has 2 N–H and O–H groups in total. The second kappa shape index (κ2) is 6.10. The topological polar surface area (TPSA) is 78.1 Å². The van der Waals surface area contributed by atoms with Crippen LogP contribution in [0.25, 0.3) is 0 Å². The van der Waals surface area contributed by atoms with Crippen molar-refractivity contribution in [3.8, 4) is 0 Å². The van der Waals surface area contributed by atoms with E-state index < -0.39 is 0 Å². The van der Waals surface area contributed by atoms with Gasteiger partial charge in [-0.3, -0.25) is 9.59 Å². The third-order valence-electron chi connectivity index (χ3n) is 6.91. The zero-order valence-electron chi connectivity index (χ0n) is 16.1. The van der Waals surface area contributed by atoms with Gasteiger partial charge >= 0.3 is 0 Å². The Balaban J connectivity index is 1.49. The maximum Gasteiger partial charge on any atom is 0.228 e. The molecule has 4 rings (SSSR count). The summed E-state index contributed by atoms with van der Waals surface area (Å²) in [4.78, 5) is 35.1. The summed E-state index contributed by atoms with van der Waals surface area (Å²) in [5, 5.41) is 3.41. The highest BCUT2D eigenvalue weighted by Crippen LogP contribution is 2.52.